The summed E-state index contributed by atoms with van der Waals surface area (Å²) in [6.07, 6.45) is 1.90. The zero-order valence-corrected chi connectivity index (χ0v) is 19.4. The largest absolute Gasteiger partial charge is 0.493 e. The number of hydrogen-bond acceptors (Lipinski definition) is 5. The first-order valence-electron chi connectivity index (χ1n) is 10.9. The van der Waals surface area contributed by atoms with Gasteiger partial charge < -0.3 is 24.6 Å². The van der Waals surface area contributed by atoms with Crippen molar-refractivity contribution in [2.45, 2.75) is 19.3 Å². The van der Waals surface area contributed by atoms with Gasteiger partial charge >= 0.3 is 0 Å². The maximum Gasteiger partial charge on any atom is 0.229 e. The molecule has 1 atom stereocenters. The first-order chi connectivity index (χ1) is 15.4. The molecule has 3 rings (SSSR count). The molecule has 7 nitrogen and oxygen atoms in total. The highest BCUT2D eigenvalue weighted by molar-refractivity contribution is 5.97. The van der Waals surface area contributed by atoms with Crippen LogP contribution >= 0.6 is 0 Å². The van der Waals surface area contributed by atoms with Crippen LogP contribution in [0.25, 0.3) is 0 Å². The second kappa shape index (κ2) is 11.0. The lowest BCUT2D eigenvalue weighted by molar-refractivity contribution is -0.128. The van der Waals surface area contributed by atoms with Crippen LogP contribution in [0.4, 0.5) is 5.69 Å². The van der Waals surface area contributed by atoms with Crippen molar-refractivity contribution >= 4 is 17.5 Å². The van der Waals surface area contributed by atoms with E-state index in [9.17, 15) is 9.59 Å². The van der Waals surface area contributed by atoms with Gasteiger partial charge in [-0.15, -0.1) is 0 Å². The molecular formula is C25H33N3O4. The number of hydrogen-bond donors (Lipinski definition) is 1. The molecule has 1 heterocycles. The summed E-state index contributed by atoms with van der Waals surface area (Å²) in [4.78, 5) is 29.1. The fraction of sp³-hybridized carbons (Fsp3) is 0.440. The molecule has 1 unspecified atom stereocenters. The van der Waals surface area contributed by atoms with Crippen LogP contribution in [0.2, 0.25) is 0 Å². The van der Waals surface area contributed by atoms with Gasteiger partial charge in [0.2, 0.25) is 11.8 Å². The Morgan fingerprint density at radius 2 is 1.72 bits per heavy atom. The standard InChI is InChI=1S/C25H33N3O4/c1-27(2)13-11-18-5-8-21(9-6-18)26-25(30)20-16-24(29)28(17-20)14-12-19-7-10-22(31-3)23(15-19)32-4/h5-10,15,20H,11-14,16-17H2,1-4H3,(H,26,30). The highest BCUT2D eigenvalue weighted by Crippen LogP contribution is 2.28. The minimum absolute atomic E-state index is 0.0182. The molecule has 1 aliphatic heterocycles. The first kappa shape index (κ1) is 23.6. The molecule has 1 fully saturated rings. The van der Waals surface area contributed by atoms with Gasteiger partial charge in [0.05, 0.1) is 20.1 Å². The molecule has 1 N–H and O–H groups in total. The Kier molecular flexibility index (Phi) is 8.11. The summed E-state index contributed by atoms with van der Waals surface area (Å²) < 4.78 is 10.6. The molecule has 0 spiro atoms. The Hall–Kier alpha value is -3.06. The second-order valence-electron chi connectivity index (χ2n) is 8.42. The molecule has 0 aromatic heterocycles. The molecule has 1 saturated heterocycles. The van der Waals surface area contributed by atoms with Gasteiger partial charge in [-0.1, -0.05) is 18.2 Å². The average Bonchev–Trinajstić information content (AvgIpc) is 3.17. The smallest absolute Gasteiger partial charge is 0.229 e. The third kappa shape index (κ3) is 6.23. The Bertz CT molecular complexity index is 927. The quantitative estimate of drug-likeness (QED) is 0.616. The summed E-state index contributed by atoms with van der Waals surface area (Å²) in [7, 11) is 7.31. The van der Waals surface area contributed by atoms with E-state index >= 15 is 0 Å². The molecule has 0 saturated carbocycles. The van der Waals surface area contributed by atoms with Crippen LogP contribution in [0, 0.1) is 5.92 Å². The lowest BCUT2D eigenvalue weighted by Gasteiger charge is -2.17. The second-order valence-corrected chi connectivity index (χ2v) is 8.42. The number of carbonyl (C=O) groups is 2. The van der Waals surface area contributed by atoms with Gasteiger partial charge in [0.1, 0.15) is 0 Å². The molecule has 7 heteroatoms. The lowest BCUT2D eigenvalue weighted by atomic mass is 10.1. The number of amides is 2. The highest BCUT2D eigenvalue weighted by Gasteiger charge is 2.34. The number of rotatable bonds is 10. The topological polar surface area (TPSA) is 71.1 Å². The van der Waals surface area contributed by atoms with Crippen molar-refractivity contribution in [2.24, 2.45) is 5.92 Å². The number of carbonyl (C=O) groups excluding carboxylic acids is 2. The maximum absolute atomic E-state index is 12.7. The van der Waals surface area contributed by atoms with Gasteiger partial charge in [0.25, 0.3) is 0 Å². The summed E-state index contributed by atoms with van der Waals surface area (Å²) in [6, 6.07) is 13.7. The van der Waals surface area contributed by atoms with E-state index in [1.54, 1.807) is 19.1 Å². The number of ether oxygens (including phenoxy) is 2. The molecule has 0 radical (unpaired) electrons. The number of anilines is 1. The summed E-state index contributed by atoms with van der Waals surface area (Å²) in [5.41, 5.74) is 3.05. The zero-order chi connectivity index (χ0) is 23.1. The monoisotopic (exact) mass is 439 g/mol. The third-order valence-corrected chi connectivity index (χ3v) is 5.77. The predicted molar refractivity (Wildman–Crippen MR) is 125 cm³/mol. The van der Waals surface area contributed by atoms with Crippen molar-refractivity contribution in [3.63, 3.8) is 0 Å². The van der Waals surface area contributed by atoms with Crippen LogP contribution in [-0.4, -0.2) is 69.6 Å². The van der Waals surface area contributed by atoms with E-state index in [0.29, 0.717) is 31.0 Å². The Morgan fingerprint density at radius 1 is 1.03 bits per heavy atom. The fourth-order valence-corrected chi connectivity index (χ4v) is 3.82. The summed E-state index contributed by atoms with van der Waals surface area (Å²) in [5.74, 6) is 0.928. The van der Waals surface area contributed by atoms with Gasteiger partial charge in [-0.05, 0) is 62.3 Å². The van der Waals surface area contributed by atoms with Crippen molar-refractivity contribution in [1.29, 1.82) is 0 Å². The molecule has 32 heavy (non-hydrogen) atoms. The maximum atomic E-state index is 12.7. The van der Waals surface area contributed by atoms with Crippen LogP contribution in [-0.2, 0) is 22.4 Å². The van der Waals surface area contributed by atoms with Crippen molar-refractivity contribution < 1.29 is 19.1 Å². The van der Waals surface area contributed by atoms with Gasteiger partial charge in [0, 0.05) is 31.7 Å². The third-order valence-electron chi connectivity index (χ3n) is 5.77. The van der Waals surface area contributed by atoms with Crippen LogP contribution < -0.4 is 14.8 Å². The minimum Gasteiger partial charge on any atom is -0.493 e. The molecular weight excluding hydrogens is 406 g/mol. The van der Waals surface area contributed by atoms with Crippen molar-refractivity contribution in [2.75, 3.05) is 53.3 Å². The van der Waals surface area contributed by atoms with Gasteiger partial charge in [0.15, 0.2) is 11.5 Å². The fourth-order valence-electron chi connectivity index (χ4n) is 3.82. The zero-order valence-electron chi connectivity index (χ0n) is 19.4. The SMILES string of the molecule is COc1ccc(CCN2CC(C(=O)Nc3ccc(CCN(C)C)cc3)CC2=O)cc1OC. The lowest BCUT2D eigenvalue weighted by Crippen LogP contribution is -2.30. The Morgan fingerprint density at radius 3 is 2.38 bits per heavy atom. The molecule has 2 amide bonds. The number of nitrogens with one attached hydrogen (secondary N) is 1. The van der Waals surface area contributed by atoms with Gasteiger partial charge in [-0.3, -0.25) is 9.59 Å². The number of benzene rings is 2. The minimum atomic E-state index is -0.332. The highest BCUT2D eigenvalue weighted by atomic mass is 16.5. The van der Waals surface area contributed by atoms with E-state index in [-0.39, 0.29) is 24.2 Å². The van der Waals surface area contributed by atoms with E-state index in [1.165, 1.54) is 5.56 Å². The number of nitrogens with zero attached hydrogens (tertiary/aromatic N) is 2. The van der Waals surface area contributed by atoms with E-state index in [0.717, 1.165) is 24.2 Å². The van der Waals surface area contributed by atoms with Gasteiger partial charge in [-0.2, -0.15) is 0 Å². The van der Waals surface area contributed by atoms with Crippen molar-refractivity contribution in [3.05, 3.63) is 53.6 Å². The average molecular weight is 440 g/mol. The van der Waals surface area contributed by atoms with E-state index < -0.39 is 0 Å². The molecule has 2 aromatic carbocycles. The summed E-state index contributed by atoms with van der Waals surface area (Å²) in [5, 5.41) is 2.96. The number of methoxy groups -OCH3 is 2. The normalized spacial score (nSPS) is 15.8. The first-order valence-corrected chi connectivity index (χ1v) is 10.9. The van der Waals surface area contributed by atoms with E-state index in [2.05, 4.69) is 24.3 Å². The number of likely N-dealkylation sites (tertiary alicyclic amines) is 1. The predicted octanol–water partition coefficient (Wildman–Crippen LogP) is 2.84. The molecule has 172 valence electrons. The van der Waals surface area contributed by atoms with E-state index in [1.807, 2.05) is 42.5 Å². The Balaban J connectivity index is 1.51. The van der Waals surface area contributed by atoms with Crippen LogP contribution in [0.3, 0.4) is 0 Å². The van der Waals surface area contributed by atoms with Crippen molar-refractivity contribution in [1.82, 2.24) is 9.80 Å². The van der Waals surface area contributed by atoms with Crippen LogP contribution in [0.1, 0.15) is 17.5 Å². The van der Waals surface area contributed by atoms with Crippen molar-refractivity contribution in [3.8, 4) is 11.5 Å². The van der Waals surface area contributed by atoms with Crippen LogP contribution in [0.5, 0.6) is 11.5 Å². The molecule has 1 aliphatic rings. The summed E-state index contributed by atoms with van der Waals surface area (Å²) >= 11 is 0. The molecule has 0 bridgehead atoms. The number of likely N-dealkylation sites (N-methyl/N-ethyl adjacent to an activating group) is 1. The summed E-state index contributed by atoms with van der Waals surface area (Å²) in [6.45, 7) is 1.99. The molecule has 2 aromatic rings. The Labute approximate surface area is 190 Å². The van der Waals surface area contributed by atoms with Crippen LogP contribution in [0.15, 0.2) is 42.5 Å². The molecule has 0 aliphatic carbocycles. The van der Waals surface area contributed by atoms with E-state index in [4.69, 9.17) is 9.47 Å². The van der Waals surface area contributed by atoms with Gasteiger partial charge in [-0.25, -0.2) is 0 Å².